The largest absolute Gasteiger partial charge is 0.480 e. The van der Waals surface area contributed by atoms with Crippen LogP contribution in [-0.4, -0.2) is 28.6 Å². The average molecular weight is 279 g/mol. The Morgan fingerprint density at radius 3 is 2.68 bits per heavy atom. The van der Waals surface area contributed by atoms with E-state index in [9.17, 15) is 9.90 Å². The van der Waals surface area contributed by atoms with E-state index in [1.54, 1.807) is 0 Å². The number of carboxylic acids is 1. The third-order valence-electron chi connectivity index (χ3n) is 3.87. The summed E-state index contributed by atoms with van der Waals surface area (Å²) in [5, 5.41) is 12.8. The van der Waals surface area contributed by atoms with Crippen molar-refractivity contribution in [1.29, 1.82) is 0 Å². The lowest BCUT2D eigenvalue weighted by atomic mass is 9.81. The van der Waals surface area contributed by atoms with Gasteiger partial charge in [-0.3, -0.25) is 10.1 Å². The van der Waals surface area contributed by atoms with Crippen molar-refractivity contribution in [2.45, 2.75) is 32.4 Å². The molecule has 104 valence electrons. The molecule has 0 aromatic heterocycles. The quantitative estimate of drug-likeness (QED) is 0.889. The Morgan fingerprint density at radius 1 is 1.42 bits per heavy atom. The van der Waals surface area contributed by atoms with Crippen molar-refractivity contribution in [3.63, 3.8) is 0 Å². The van der Waals surface area contributed by atoms with Crippen LogP contribution in [0.25, 0.3) is 0 Å². The van der Waals surface area contributed by atoms with Gasteiger partial charge in [0.25, 0.3) is 0 Å². The zero-order chi connectivity index (χ0) is 13.9. The van der Waals surface area contributed by atoms with Crippen LogP contribution < -0.4 is 5.32 Å². The Labute approximate surface area is 118 Å². The van der Waals surface area contributed by atoms with Gasteiger partial charge in [0.05, 0.1) is 0 Å². The molecule has 1 aliphatic rings. The first kappa shape index (κ1) is 14.4. The molecule has 2 rings (SSSR count). The minimum Gasteiger partial charge on any atom is -0.480 e. The zero-order valence-corrected chi connectivity index (χ0v) is 12.2. The van der Waals surface area contributed by atoms with Gasteiger partial charge in [-0.25, -0.2) is 0 Å². The highest BCUT2D eigenvalue weighted by Gasteiger charge is 2.35. The molecule has 0 bridgehead atoms. The van der Waals surface area contributed by atoms with E-state index in [0.29, 0.717) is 0 Å². The summed E-state index contributed by atoms with van der Waals surface area (Å²) in [7, 11) is 0. The van der Waals surface area contributed by atoms with Crippen molar-refractivity contribution in [1.82, 2.24) is 5.32 Å². The maximum atomic E-state index is 11.5. The highest BCUT2D eigenvalue weighted by Crippen LogP contribution is 2.35. The third kappa shape index (κ3) is 3.51. The summed E-state index contributed by atoms with van der Waals surface area (Å²) in [4.78, 5) is 11.5. The molecule has 0 amide bonds. The average Bonchev–Trinajstić information content (AvgIpc) is 2.37. The van der Waals surface area contributed by atoms with Crippen LogP contribution in [0.1, 0.15) is 31.9 Å². The summed E-state index contributed by atoms with van der Waals surface area (Å²) in [5.41, 5.74) is 0.967. The van der Waals surface area contributed by atoms with E-state index in [4.69, 9.17) is 0 Å². The second-order valence-electron chi connectivity index (χ2n) is 5.71. The van der Waals surface area contributed by atoms with Crippen LogP contribution in [0, 0.1) is 5.41 Å². The van der Waals surface area contributed by atoms with Gasteiger partial charge in [0, 0.05) is 11.8 Å². The molecule has 19 heavy (non-hydrogen) atoms. The Hall–Kier alpha value is -1.00. The lowest BCUT2D eigenvalue weighted by molar-refractivity contribution is -0.140. The first-order valence-corrected chi connectivity index (χ1v) is 7.78. The number of rotatable bonds is 4. The summed E-state index contributed by atoms with van der Waals surface area (Å²) >= 11 is 1.90. The van der Waals surface area contributed by atoms with E-state index in [2.05, 4.69) is 19.2 Å². The lowest BCUT2D eigenvalue weighted by Gasteiger charge is -2.40. The summed E-state index contributed by atoms with van der Waals surface area (Å²) in [6.07, 6.45) is 1.12. The zero-order valence-electron chi connectivity index (χ0n) is 11.4. The summed E-state index contributed by atoms with van der Waals surface area (Å²) < 4.78 is 0. The Morgan fingerprint density at radius 2 is 2.11 bits per heavy atom. The Bertz CT molecular complexity index is 433. The van der Waals surface area contributed by atoms with Gasteiger partial charge in [-0.1, -0.05) is 44.2 Å². The normalized spacial score (nSPS) is 23.8. The van der Waals surface area contributed by atoms with Gasteiger partial charge in [0.1, 0.15) is 6.04 Å². The van der Waals surface area contributed by atoms with E-state index in [-0.39, 0.29) is 11.5 Å². The molecule has 2 N–H and O–H groups in total. The molecule has 2 atom stereocenters. The van der Waals surface area contributed by atoms with Gasteiger partial charge >= 0.3 is 5.97 Å². The molecule has 4 heteroatoms. The predicted molar refractivity (Wildman–Crippen MR) is 79.5 cm³/mol. The minimum absolute atomic E-state index is 0.147. The first-order valence-electron chi connectivity index (χ1n) is 6.62. The number of hydrogen-bond acceptors (Lipinski definition) is 3. The fourth-order valence-electron chi connectivity index (χ4n) is 2.37. The van der Waals surface area contributed by atoms with Crippen molar-refractivity contribution in [2.24, 2.45) is 5.41 Å². The molecule has 0 aliphatic carbocycles. The molecule has 1 aliphatic heterocycles. The molecule has 1 saturated heterocycles. The summed E-state index contributed by atoms with van der Waals surface area (Å²) in [6.45, 7) is 4.43. The summed E-state index contributed by atoms with van der Waals surface area (Å²) in [6, 6.07) is 9.02. The number of benzene rings is 1. The van der Waals surface area contributed by atoms with Crippen LogP contribution in [0.4, 0.5) is 0 Å². The second-order valence-corrected chi connectivity index (χ2v) is 6.86. The van der Waals surface area contributed by atoms with Gasteiger partial charge in [0.2, 0.25) is 0 Å². The van der Waals surface area contributed by atoms with Gasteiger partial charge in [0.15, 0.2) is 0 Å². The van der Waals surface area contributed by atoms with Crippen LogP contribution in [-0.2, 0) is 4.79 Å². The molecular weight excluding hydrogens is 258 g/mol. The smallest absolute Gasteiger partial charge is 0.325 e. The van der Waals surface area contributed by atoms with Crippen LogP contribution in [0.5, 0.6) is 0 Å². The molecule has 0 radical (unpaired) electrons. The topological polar surface area (TPSA) is 49.3 Å². The third-order valence-corrected chi connectivity index (χ3v) is 4.93. The number of hydrogen-bond donors (Lipinski definition) is 2. The monoisotopic (exact) mass is 279 g/mol. The van der Waals surface area contributed by atoms with Gasteiger partial charge in [-0.05, 0) is 23.2 Å². The SMILES string of the molecule is CC1(C)CCSCC1NC(C(=O)O)c1ccccc1. The van der Waals surface area contributed by atoms with Crippen LogP contribution in [0.2, 0.25) is 0 Å². The molecule has 3 nitrogen and oxygen atoms in total. The number of carbonyl (C=O) groups is 1. The van der Waals surface area contributed by atoms with E-state index < -0.39 is 12.0 Å². The highest BCUT2D eigenvalue weighted by molar-refractivity contribution is 7.99. The van der Waals surface area contributed by atoms with Gasteiger partial charge < -0.3 is 5.11 Å². The van der Waals surface area contributed by atoms with E-state index in [0.717, 1.165) is 23.5 Å². The van der Waals surface area contributed by atoms with E-state index in [1.165, 1.54) is 0 Å². The van der Waals surface area contributed by atoms with Crippen molar-refractivity contribution < 1.29 is 9.90 Å². The molecular formula is C15H21NO2S. The van der Waals surface area contributed by atoms with Gasteiger partial charge in [-0.15, -0.1) is 0 Å². The fraction of sp³-hybridized carbons (Fsp3) is 0.533. The number of carboxylic acid groups (broad SMARTS) is 1. The Kier molecular flexibility index (Phi) is 4.53. The molecule has 1 aromatic carbocycles. The van der Waals surface area contributed by atoms with Crippen molar-refractivity contribution in [3.05, 3.63) is 35.9 Å². The summed E-state index contributed by atoms with van der Waals surface area (Å²) in [5.74, 6) is 1.33. The molecule has 1 aromatic rings. The van der Waals surface area contributed by atoms with Crippen molar-refractivity contribution in [3.8, 4) is 0 Å². The number of aliphatic carboxylic acids is 1. The van der Waals surface area contributed by atoms with Crippen molar-refractivity contribution in [2.75, 3.05) is 11.5 Å². The maximum absolute atomic E-state index is 11.5. The second kappa shape index (κ2) is 5.97. The maximum Gasteiger partial charge on any atom is 0.325 e. The lowest BCUT2D eigenvalue weighted by Crippen LogP contribution is -2.49. The highest BCUT2D eigenvalue weighted by atomic mass is 32.2. The van der Waals surface area contributed by atoms with Crippen LogP contribution in [0.3, 0.4) is 0 Å². The predicted octanol–water partition coefficient (Wildman–Crippen LogP) is 2.93. The van der Waals surface area contributed by atoms with Crippen LogP contribution >= 0.6 is 11.8 Å². The van der Waals surface area contributed by atoms with E-state index in [1.807, 2.05) is 42.1 Å². The molecule has 1 fully saturated rings. The van der Waals surface area contributed by atoms with Crippen molar-refractivity contribution >= 4 is 17.7 Å². The Balaban J connectivity index is 2.15. The standard InChI is InChI=1S/C15H21NO2S/c1-15(2)8-9-19-10-12(15)16-13(14(17)18)11-6-4-3-5-7-11/h3-7,12-13,16H,8-10H2,1-2H3,(H,17,18). The van der Waals surface area contributed by atoms with Crippen LogP contribution in [0.15, 0.2) is 30.3 Å². The molecule has 2 unspecified atom stereocenters. The number of nitrogens with one attached hydrogen (secondary N) is 1. The number of thioether (sulfide) groups is 1. The first-order chi connectivity index (χ1) is 9.00. The van der Waals surface area contributed by atoms with Gasteiger partial charge in [-0.2, -0.15) is 11.8 Å². The minimum atomic E-state index is -0.808. The van der Waals surface area contributed by atoms with E-state index >= 15 is 0 Å². The molecule has 0 saturated carbocycles. The molecule has 1 heterocycles. The molecule has 0 spiro atoms. The fourth-order valence-corrected chi connectivity index (χ4v) is 3.99.